The lowest BCUT2D eigenvalue weighted by molar-refractivity contribution is -0.385. The summed E-state index contributed by atoms with van der Waals surface area (Å²) in [5.41, 5.74) is 0.211. The number of benzene rings is 1. The number of carbonyl (C=O) groups is 1. The van der Waals surface area contributed by atoms with Crippen molar-refractivity contribution in [2.24, 2.45) is 0 Å². The molecule has 1 heterocycles. The van der Waals surface area contributed by atoms with Crippen molar-refractivity contribution in [3.63, 3.8) is 0 Å². The first-order valence-electron chi connectivity index (χ1n) is 9.46. The molecule has 1 aromatic rings. The highest BCUT2D eigenvalue weighted by atomic mass is 32.2. The van der Waals surface area contributed by atoms with Gasteiger partial charge in [-0.1, -0.05) is 6.07 Å². The number of hydrogen-bond donors (Lipinski definition) is 0. The Balaban J connectivity index is 2.11. The zero-order chi connectivity index (χ0) is 20.9. The van der Waals surface area contributed by atoms with Crippen molar-refractivity contribution in [1.82, 2.24) is 14.1 Å². The van der Waals surface area contributed by atoms with Crippen molar-refractivity contribution in [3.05, 3.63) is 33.9 Å². The molecular weight excluding hydrogens is 384 g/mol. The van der Waals surface area contributed by atoms with E-state index in [9.17, 15) is 23.3 Å². The van der Waals surface area contributed by atoms with Crippen molar-refractivity contribution in [2.45, 2.75) is 32.1 Å². The van der Waals surface area contributed by atoms with Crippen molar-refractivity contribution in [3.8, 4) is 0 Å². The number of amides is 1. The summed E-state index contributed by atoms with van der Waals surface area (Å²) in [6, 6.07) is 3.99. The second-order valence-electron chi connectivity index (χ2n) is 6.81. The van der Waals surface area contributed by atoms with Gasteiger partial charge in [0.25, 0.3) is 5.69 Å². The Hall–Kier alpha value is -2.04. The lowest BCUT2D eigenvalue weighted by Gasteiger charge is -2.25. The van der Waals surface area contributed by atoms with E-state index >= 15 is 0 Å². The minimum atomic E-state index is -3.83. The van der Waals surface area contributed by atoms with Crippen LogP contribution in [0.5, 0.6) is 0 Å². The fourth-order valence-electron chi connectivity index (χ4n) is 3.31. The zero-order valence-corrected chi connectivity index (χ0v) is 17.4. The van der Waals surface area contributed by atoms with Gasteiger partial charge in [0.2, 0.25) is 15.9 Å². The Kier molecular flexibility index (Phi) is 7.50. The molecule has 1 aliphatic heterocycles. The number of carbonyl (C=O) groups excluding carboxylic acids is 1. The molecule has 0 bridgehead atoms. The number of nitrogens with zero attached hydrogens (tertiary/aromatic N) is 4. The van der Waals surface area contributed by atoms with Crippen LogP contribution >= 0.6 is 0 Å². The van der Waals surface area contributed by atoms with Crippen LogP contribution in [0, 0.1) is 17.0 Å². The number of sulfonamides is 1. The molecule has 1 aliphatic rings. The third kappa shape index (κ3) is 5.06. The molecule has 2 rings (SSSR count). The number of aryl methyl sites for hydroxylation is 1. The Morgan fingerprint density at radius 3 is 2.46 bits per heavy atom. The van der Waals surface area contributed by atoms with Gasteiger partial charge in [0.1, 0.15) is 0 Å². The average Bonchev–Trinajstić information content (AvgIpc) is 2.88. The fraction of sp³-hybridized carbons (Fsp3) is 0.611. The van der Waals surface area contributed by atoms with Crippen molar-refractivity contribution >= 4 is 21.6 Å². The number of nitro benzene ring substituents is 1. The van der Waals surface area contributed by atoms with Crippen LogP contribution in [0.25, 0.3) is 0 Å². The largest absolute Gasteiger partial charge is 0.342 e. The van der Waals surface area contributed by atoms with Crippen LogP contribution in [-0.4, -0.2) is 79.2 Å². The third-order valence-corrected chi connectivity index (χ3v) is 6.93. The summed E-state index contributed by atoms with van der Waals surface area (Å²) in [5, 5.41) is 11.1. The fourth-order valence-corrected chi connectivity index (χ4v) is 4.80. The summed E-state index contributed by atoms with van der Waals surface area (Å²) in [4.78, 5) is 26.5. The summed E-state index contributed by atoms with van der Waals surface area (Å²) in [6.45, 7) is 8.64. The average molecular weight is 413 g/mol. The molecule has 0 radical (unpaired) electrons. The molecule has 1 saturated heterocycles. The van der Waals surface area contributed by atoms with Gasteiger partial charge in [-0.05, 0) is 39.8 Å². The summed E-state index contributed by atoms with van der Waals surface area (Å²) in [6.07, 6.45) is 0.596. The molecule has 0 atom stereocenters. The standard InChI is InChI=1S/C18H28N4O5S/c1-4-20(5-2)18(23)14-19-9-6-10-21(12-11-19)28(26,27)16-8-7-15(3)17(13-16)22(24)25/h7-8,13H,4-6,9-12,14H2,1-3H3. The van der Waals surface area contributed by atoms with Crippen LogP contribution < -0.4 is 0 Å². The summed E-state index contributed by atoms with van der Waals surface area (Å²) < 4.78 is 27.3. The monoisotopic (exact) mass is 412 g/mol. The van der Waals surface area contributed by atoms with Crippen molar-refractivity contribution in [1.29, 1.82) is 0 Å². The Morgan fingerprint density at radius 1 is 1.18 bits per heavy atom. The van der Waals surface area contributed by atoms with E-state index in [-0.39, 0.29) is 29.6 Å². The van der Waals surface area contributed by atoms with E-state index in [2.05, 4.69) is 0 Å². The molecule has 0 unspecified atom stereocenters. The van der Waals surface area contributed by atoms with Crippen LogP contribution in [0.4, 0.5) is 5.69 Å². The predicted octanol–water partition coefficient (Wildman–Crippen LogP) is 1.47. The molecular formula is C18H28N4O5S. The van der Waals surface area contributed by atoms with Gasteiger partial charge in [-0.15, -0.1) is 0 Å². The molecule has 10 heteroatoms. The van der Waals surface area contributed by atoms with Crippen LogP contribution in [-0.2, 0) is 14.8 Å². The minimum absolute atomic E-state index is 0.0375. The number of likely N-dealkylation sites (N-methyl/N-ethyl adjacent to an activating group) is 1. The van der Waals surface area contributed by atoms with Crippen LogP contribution in [0.1, 0.15) is 25.8 Å². The maximum Gasteiger partial charge on any atom is 0.273 e. The maximum absolute atomic E-state index is 13.0. The number of nitro groups is 1. The highest BCUT2D eigenvalue weighted by Crippen LogP contribution is 2.25. The Bertz CT molecular complexity index is 823. The van der Waals surface area contributed by atoms with E-state index in [4.69, 9.17) is 0 Å². The highest BCUT2D eigenvalue weighted by molar-refractivity contribution is 7.89. The first-order valence-corrected chi connectivity index (χ1v) is 10.9. The van der Waals surface area contributed by atoms with Gasteiger partial charge in [0.05, 0.1) is 16.4 Å². The van der Waals surface area contributed by atoms with E-state index < -0.39 is 14.9 Å². The smallest absolute Gasteiger partial charge is 0.273 e. The Labute approximate surface area is 166 Å². The molecule has 1 aromatic carbocycles. The van der Waals surface area contributed by atoms with Crippen molar-refractivity contribution in [2.75, 3.05) is 45.8 Å². The van der Waals surface area contributed by atoms with E-state index in [0.29, 0.717) is 44.7 Å². The lowest BCUT2D eigenvalue weighted by Crippen LogP contribution is -2.42. The van der Waals surface area contributed by atoms with E-state index in [0.717, 1.165) is 6.07 Å². The second kappa shape index (κ2) is 9.44. The van der Waals surface area contributed by atoms with Crippen LogP contribution in [0.15, 0.2) is 23.1 Å². The molecule has 0 spiro atoms. The highest BCUT2D eigenvalue weighted by Gasteiger charge is 2.29. The van der Waals surface area contributed by atoms with Gasteiger partial charge in [-0.25, -0.2) is 8.42 Å². The molecule has 28 heavy (non-hydrogen) atoms. The quantitative estimate of drug-likeness (QED) is 0.496. The van der Waals surface area contributed by atoms with E-state index in [1.54, 1.807) is 11.8 Å². The predicted molar refractivity (Wildman–Crippen MR) is 106 cm³/mol. The lowest BCUT2D eigenvalue weighted by atomic mass is 10.2. The van der Waals surface area contributed by atoms with E-state index in [1.165, 1.54) is 16.4 Å². The van der Waals surface area contributed by atoms with Crippen LogP contribution in [0.2, 0.25) is 0 Å². The SMILES string of the molecule is CCN(CC)C(=O)CN1CCCN(S(=O)(=O)c2ccc(C)c([N+](=O)[O-])c2)CC1. The second-order valence-corrected chi connectivity index (χ2v) is 8.74. The number of hydrogen-bond acceptors (Lipinski definition) is 6. The summed E-state index contributed by atoms with van der Waals surface area (Å²) >= 11 is 0. The summed E-state index contributed by atoms with van der Waals surface area (Å²) in [5.74, 6) is 0.0375. The Morgan fingerprint density at radius 2 is 1.86 bits per heavy atom. The van der Waals surface area contributed by atoms with E-state index in [1.807, 2.05) is 18.7 Å². The maximum atomic E-state index is 13.0. The van der Waals surface area contributed by atoms with Gasteiger partial charge >= 0.3 is 0 Å². The number of rotatable bonds is 7. The molecule has 0 N–H and O–H groups in total. The first kappa shape index (κ1) is 22.3. The van der Waals surface area contributed by atoms with Gasteiger partial charge < -0.3 is 4.90 Å². The molecule has 9 nitrogen and oxygen atoms in total. The zero-order valence-electron chi connectivity index (χ0n) is 16.6. The van der Waals surface area contributed by atoms with Crippen LogP contribution in [0.3, 0.4) is 0 Å². The molecule has 1 amide bonds. The molecule has 0 saturated carbocycles. The van der Waals surface area contributed by atoms with Gasteiger partial charge in [0.15, 0.2) is 0 Å². The first-order chi connectivity index (χ1) is 13.2. The molecule has 156 valence electrons. The minimum Gasteiger partial charge on any atom is -0.342 e. The summed E-state index contributed by atoms with van der Waals surface area (Å²) in [7, 11) is -3.83. The normalized spacial score (nSPS) is 16.5. The van der Waals surface area contributed by atoms with Gasteiger partial charge in [-0.2, -0.15) is 4.31 Å². The topological polar surface area (TPSA) is 104 Å². The molecule has 1 fully saturated rings. The molecule has 0 aliphatic carbocycles. The third-order valence-electron chi connectivity index (χ3n) is 5.04. The van der Waals surface area contributed by atoms with Gasteiger partial charge in [0, 0.05) is 44.4 Å². The van der Waals surface area contributed by atoms with Crippen molar-refractivity contribution < 1.29 is 18.1 Å². The van der Waals surface area contributed by atoms with Gasteiger partial charge in [-0.3, -0.25) is 19.8 Å². The molecule has 0 aromatic heterocycles.